The van der Waals surface area contributed by atoms with Crippen LogP contribution in [0.25, 0.3) is 0 Å². The van der Waals surface area contributed by atoms with Gasteiger partial charge in [-0.3, -0.25) is 9.10 Å². The van der Waals surface area contributed by atoms with Gasteiger partial charge in [0.05, 0.1) is 25.1 Å². The molecule has 2 aromatic carbocycles. The average Bonchev–Trinajstić information content (AvgIpc) is 2.65. The topological polar surface area (TPSA) is 75.7 Å². The summed E-state index contributed by atoms with van der Waals surface area (Å²) in [5.41, 5.74) is 4.56. The Kier molecular flexibility index (Phi) is 7.30. The molecule has 7 heteroatoms. The summed E-state index contributed by atoms with van der Waals surface area (Å²) in [6.07, 6.45) is 1.78. The normalized spacial score (nSPS) is 12.3. The van der Waals surface area contributed by atoms with E-state index in [9.17, 15) is 13.2 Å². The maximum atomic E-state index is 12.8. The van der Waals surface area contributed by atoms with Crippen LogP contribution >= 0.6 is 0 Å². The number of benzene rings is 2. The predicted octanol–water partition coefficient (Wildman–Crippen LogP) is 3.65. The Morgan fingerprint density at radius 2 is 1.79 bits per heavy atom. The SMILES string of the molecule is CC[C@@H](NC(=O)CN(c1cc(C)ccc1OC)S(C)(=O)=O)c1ccc(C)c(C)c1. The minimum absolute atomic E-state index is 0.192. The molecule has 1 atom stereocenters. The van der Waals surface area contributed by atoms with Crippen LogP contribution in [0.15, 0.2) is 36.4 Å². The summed E-state index contributed by atoms with van der Waals surface area (Å²) in [7, 11) is -2.22. The van der Waals surface area contributed by atoms with Crippen molar-refractivity contribution in [2.45, 2.75) is 40.2 Å². The third kappa shape index (κ3) is 5.73. The van der Waals surface area contributed by atoms with Gasteiger partial charge < -0.3 is 10.1 Å². The number of aryl methyl sites for hydroxylation is 3. The van der Waals surface area contributed by atoms with Crippen LogP contribution in [-0.2, 0) is 14.8 Å². The summed E-state index contributed by atoms with van der Waals surface area (Å²) < 4.78 is 31.3. The molecule has 0 fully saturated rings. The highest BCUT2D eigenvalue weighted by molar-refractivity contribution is 7.92. The summed E-state index contributed by atoms with van der Waals surface area (Å²) >= 11 is 0. The average molecular weight is 419 g/mol. The molecule has 0 saturated carbocycles. The van der Waals surface area contributed by atoms with Crippen molar-refractivity contribution in [3.8, 4) is 5.75 Å². The second kappa shape index (κ2) is 9.31. The fraction of sp³-hybridized carbons (Fsp3) is 0.409. The highest BCUT2D eigenvalue weighted by atomic mass is 32.2. The van der Waals surface area contributed by atoms with Gasteiger partial charge in [0.1, 0.15) is 12.3 Å². The monoisotopic (exact) mass is 418 g/mol. The van der Waals surface area contributed by atoms with Crippen molar-refractivity contribution in [1.29, 1.82) is 0 Å². The molecule has 0 aliphatic rings. The number of sulfonamides is 1. The molecule has 6 nitrogen and oxygen atoms in total. The lowest BCUT2D eigenvalue weighted by molar-refractivity contribution is -0.120. The van der Waals surface area contributed by atoms with Crippen LogP contribution < -0.4 is 14.4 Å². The van der Waals surface area contributed by atoms with Crippen molar-refractivity contribution >= 4 is 21.6 Å². The van der Waals surface area contributed by atoms with Gasteiger partial charge in [-0.05, 0) is 61.6 Å². The molecule has 158 valence electrons. The number of amides is 1. The third-order valence-electron chi connectivity index (χ3n) is 4.97. The molecule has 29 heavy (non-hydrogen) atoms. The van der Waals surface area contributed by atoms with Crippen LogP contribution in [0.4, 0.5) is 5.69 Å². The molecule has 0 aliphatic heterocycles. The second-order valence-electron chi connectivity index (χ2n) is 7.32. The molecular formula is C22H30N2O4S. The van der Waals surface area contributed by atoms with Gasteiger partial charge in [0.2, 0.25) is 15.9 Å². The molecule has 0 spiro atoms. The van der Waals surface area contributed by atoms with Crippen molar-refractivity contribution in [3.63, 3.8) is 0 Å². The van der Waals surface area contributed by atoms with E-state index >= 15 is 0 Å². The molecule has 2 rings (SSSR count). The smallest absolute Gasteiger partial charge is 0.241 e. The first-order chi connectivity index (χ1) is 13.6. The number of nitrogens with one attached hydrogen (secondary N) is 1. The Hall–Kier alpha value is -2.54. The van der Waals surface area contributed by atoms with E-state index in [2.05, 4.69) is 11.4 Å². The molecule has 0 aliphatic carbocycles. The Morgan fingerprint density at radius 3 is 2.34 bits per heavy atom. The number of carbonyl (C=O) groups excluding carboxylic acids is 1. The molecule has 1 N–H and O–H groups in total. The van der Waals surface area contributed by atoms with E-state index in [1.165, 1.54) is 12.7 Å². The van der Waals surface area contributed by atoms with Crippen molar-refractivity contribution in [1.82, 2.24) is 5.32 Å². The molecule has 0 radical (unpaired) electrons. The van der Waals surface area contributed by atoms with Gasteiger partial charge >= 0.3 is 0 Å². The summed E-state index contributed by atoms with van der Waals surface area (Å²) in [4.78, 5) is 12.8. The van der Waals surface area contributed by atoms with Gasteiger partial charge in [-0.2, -0.15) is 0 Å². The molecule has 0 heterocycles. The van der Waals surface area contributed by atoms with Crippen molar-refractivity contribution < 1.29 is 17.9 Å². The van der Waals surface area contributed by atoms with Gasteiger partial charge in [-0.15, -0.1) is 0 Å². The lowest BCUT2D eigenvalue weighted by atomic mass is 9.99. The molecule has 2 aromatic rings. The Morgan fingerprint density at radius 1 is 1.10 bits per heavy atom. The molecule has 0 saturated heterocycles. The van der Waals surface area contributed by atoms with Crippen LogP contribution in [0.5, 0.6) is 5.75 Å². The molecular weight excluding hydrogens is 388 g/mol. The minimum Gasteiger partial charge on any atom is -0.495 e. The van der Waals surface area contributed by atoms with Crippen LogP contribution in [0, 0.1) is 20.8 Å². The van der Waals surface area contributed by atoms with Crippen molar-refractivity contribution in [2.75, 3.05) is 24.2 Å². The van der Waals surface area contributed by atoms with E-state index < -0.39 is 10.0 Å². The first-order valence-electron chi connectivity index (χ1n) is 9.55. The van der Waals surface area contributed by atoms with Crippen LogP contribution in [0.1, 0.15) is 41.6 Å². The largest absolute Gasteiger partial charge is 0.495 e. The van der Waals surface area contributed by atoms with E-state index in [4.69, 9.17) is 4.74 Å². The zero-order chi connectivity index (χ0) is 21.8. The number of anilines is 1. The maximum Gasteiger partial charge on any atom is 0.241 e. The van der Waals surface area contributed by atoms with Gasteiger partial charge in [0.25, 0.3) is 0 Å². The van der Waals surface area contributed by atoms with E-state index in [-0.39, 0.29) is 18.5 Å². The number of carbonyl (C=O) groups is 1. The van der Waals surface area contributed by atoms with E-state index in [1.807, 2.05) is 45.9 Å². The molecule has 0 bridgehead atoms. The van der Waals surface area contributed by atoms with Crippen LogP contribution in [0.2, 0.25) is 0 Å². The van der Waals surface area contributed by atoms with Gasteiger partial charge in [-0.25, -0.2) is 8.42 Å². The van der Waals surface area contributed by atoms with Gasteiger partial charge in [0.15, 0.2) is 0 Å². The fourth-order valence-corrected chi connectivity index (χ4v) is 4.00. The van der Waals surface area contributed by atoms with Crippen LogP contribution in [-0.4, -0.2) is 34.2 Å². The Balaban J connectivity index is 2.29. The number of methoxy groups -OCH3 is 1. The lowest BCUT2D eigenvalue weighted by Crippen LogP contribution is -2.41. The zero-order valence-electron chi connectivity index (χ0n) is 17.9. The minimum atomic E-state index is -3.69. The third-order valence-corrected chi connectivity index (χ3v) is 6.09. The number of rotatable bonds is 8. The van der Waals surface area contributed by atoms with Gasteiger partial charge in [-0.1, -0.05) is 31.2 Å². The summed E-state index contributed by atoms with van der Waals surface area (Å²) in [5, 5.41) is 2.97. The summed E-state index contributed by atoms with van der Waals surface area (Å²) in [6.45, 7) is 7.59. The molecule has 0 unspecified atom stereocenters. The first kappa shape index (κ1) is 22.7. The van der Waals surface area contributed by atoms with Crippen molar-refractivity contribution in [3.05, 3.63) is 58.7 Å². The second-order valence-corrected chi connectivity index (χ2v) is 9.22. The number of hydrogen-bond donors (Lipinski definition) is 1. The molecule has 0 aromatic heterocycles. The summed E-state index contributed by atoms with van der Waals surface area (Å²) in [6, 6.07) is 11.1. The fourth-order valence-electron chi connectivity index (χ4n) is 3.15. The number of hydrogen-bond acceptors (Lipinski definition) is 4. The number of nitrogens with zero attached hydrogens (tertiary/aromatic N) is 1. The Bertz CT molecular complexity index is 986. The van der Waals surface area contributed by atoms with Crippen molar-refractivity contribution in [2.24, 2.45) is 0 Å². The standard InChI is InChI=1S/C22H30N2O4S/c1-7-19(18-10-9-16(3)17(4)13-18)23-22(25)14-24(29(6,26)27)20-12-15(2)8-11-21(20)28-5/h8-13,19H,7,14H2,1-6H3,(H,23,25)/t19-/m1/s1. The van der Waals surface area contributed by atoms with E-state index in [0.29, 0.717) is 17.9 Å². The quantitative estimate of drug-likeness (QED) is 0.710. The summed E-state index contributed by atoms with van der Waals surface area (Å²) in [5.74, 6) is 0.0269. The first-order valence-corrected chi connectivity index (χ1v) is 11.4. The Labute approximate surface area is 173 Å². The maximum absolute atomic E-state index is 12.8. The molecule has 1 amide bonds. The predicted molar refractivity (Wildman–Crippen MR) is 117 cm³/mol. The highest BCUT2D eigenvalue weighted by Gasteiger charge is 2.25. The van der Waals surface area contributed by atoms with E-state index in [0.717, 1.165) is 27.3 Å². The lowest BCUT2D eigenvalue weighted by Gasteiger charge is -2.26. The van der Waals surface area contributed by atoms with Gasteiger partial charge in [0, 0.05) is 0 Å². The highest BCUT2D eigenvalue weighted by Crippen LogP contribution is 2.31. The zero-order valence-corrected chi connectivity index (χ0v) is 18.8. The van der Waals surface area contributed by atoms with Crippen LogP contribution in [0.3, 0.4) is 0 Å². The van der Waals surface area contributed by atoms with E-state index in [1.54, 1.807) is 12.1 Å². The number of ether oxygens (including phenoxy) is 1.